The van der Waals surface area contributed by atoms with Gasteiger partial charge in [0.25, 0.3) is 0 Å². The Morgan fingerprint density at radius 1 is 0.943 bits per heavy atom. The van der Waals surface area contributed by atoms with E-state index in [4.69, 9.17) is 14.2 Å². The lowest BCUT2D eigenvalue weighted by Gasteiger charge is -2.57. The number of para-hydroxylation sites is 1. The van der Waals surface area contributed by atoms with Crippen molar-refractivity contribution in [1.82, 2.24) is 0 Å². The van der Waals surface area contributed by atoms with Crippen molar-refractivity contribution >= 4 is 0 Å². The van der Waals surface area contributed by atoms with E-state index in [1.54, 1.807) is 0 Å². The molecule has 3 aliphatic heterocycles. The summed E-state index contributed by atoms with van der Waals surface area (Å²) in [7, 11) is 0. The molecule has 1 aliphatic carbocycles. The van der Waals surface area contributed by atoms with Gasteiger partial charge in [0.05, 0.1) is 26.3 Å². The third-order valence-corrected chi connectivity index (χ3v) is 9.11. The van der Waals surface area contributed by atoms with Crippen LogP contribution in [0.4, 0.5) is 0 Å². The summed E-state index contributed by atoms with van der Waals surface area (Å²) in [5.41, 5.74) is -0.110. The van der Waals surface area contributed by atoms with Gasteiger partial charge in [-0.15, -0.1) is 0 Å². The Kier molecular flexibility index (Phi) is 7.50. The lowest BCUT2D eigenvalue weighted by molar-refractivity contribution is -0.950. The highest BCUT2D eigenvalue weighted by Crippen LogP contribution is 2.46. The van der Waals surface area contributed by atoms with Crippen LogP contribution in [0.15, 0.2) is 60.7 Å². The minimum Gasteiger partial charge on any atom is -0.468 e. The molecule has 3 heterocycles. The summed E-state index contributed by atoms with van der Waals surface area (Å²) in [6.45, 7) is 8.01. The van der Waals surface area contributed by atoms with Crippen molar-refractivity contribution in [1.29, 1.82) is 0 Å². The van der Waals surface area contributed by atoms with Gasteiger partial charge in [-0.3, -0.25) is 0 Å². The molecule has 35 heavy (non-hydrogen) atoms. The molecule has 3 saturated heterocycles. The highest BCUT2D eigenvalue weighted by Gasteiger charge is 2.54. The highest BCUT2D eigenvalue weighted by atomic mass is 16.7. The fourth-order valence-electron chi connectivity index (χ4n) is 6.93. The van der Waals surface area contributed by atoms with Crippen LogP contribution in [0.1, 0.15) is 51.0 Å². The molecule has 5 heteroatoms. The van der Waals surface area contributed by atoms with Crippen molar-refractivity contribution in [2.45, 2.75) is 56.7 Å². The van der Waals surface area contributed by atoms with Gasteiger partial charge in [0.2, 0.25) is 0 Å². The average molecular weight is 481 g/mol. The molecule has 2 aromatic rings. The number of ether oxygens (including phenoxy) is 3. The molecule has 2 aromatic carbocycles. The standard InChI is InChI=1S/C30H42NO4/c1-29(35-23-30(32,27-12-8-9-13-27)26-10-4-2-5-11-26)22-31(18-16-25(29)17-19-31)20-21-33-24-34-28-14-6-3-7-15-28/h2-7,10-11,14-15,25,27,32H,8-9,12-13,16-24H2,1H3/q+1. The van der Waals surface area contributed by atoms with Crippen LogP contribution >= 0.6 is 0 Å². The molecule has 2 bridgehead atoms. The molecule has 6 rings (SSSR count). The summed E-state index contributed by atoms with van der Waals surface area (Å²) in [5, 5.41) is 12.0. The van der Waals surface area contributed by atoms with Gasteiger partial charge in [-0.2, -0.15) is 0 Å². The number of benzene rings is 2. The number of piperidine rings is 3. The van der Waals surface area contributed by atoms with Crippen LogP contribution in [-0.4, -0.2) is 61.4 Å². The largest absolute Gasteiger partial charge is 0.468 e. The van der Waals surface area contributed by atoms with E-state index in [2.05, 4.69) is 19.1 Å². The van der Waals surface area contributed by atoms with E-state index in [0.717, 1.165) is 41.7 Å². The van der Waals surface area contributed by atoms with Gasteiger partial charge in [-0.1, -0.05) is 61.4 Å². The lowest BCUT2D eigenvalue weighted by atomic mass is 9.74. The zero-order valence-corrected chi connectivity index (χ0v) is 21.2. The number of hydrogen-bond acceptors (Lipinski definition) is 4. The van der Waals surface area contributed by atoms with E-state index in [9.17, 15) is 5.11 Å². The van der Waals surface area contributed by atoms with Crippen LogP contribution < -0.4 is 4.74 Å². The number of nitrogens with zero attached hydrogens (tertiary/aromatic N) is 1. The summed E-state index contributed by atoms with van der Waals surface area (Å²) in [4.78, 5) is 0. The maximum Gasteiger partial charge on any atom is 0.189 e. The predicted molar refractivity (Wildman–Crippen MR) is 137 cm³/mol. The zero-order valence-electron chi connectivity index (χ0n) is 21.2. The number of rotatable bonds is 11. The second-order valence-corrected chi connectivity index (χ2v) is 11.3. The van der Waals surface area contributed by atoms with Gasteiger partial charge in [0.1, 0.15) is 30.0 Å². The normalized spacial score (nSPS) is 30.3. The van der Waals surface area contributed by atoms with Gasteiger partial charge in [-0.05, 0) is 43.4 Å². The van der Waals surface area contributed by atoms with E-state index in [1.807, 2.05) is 48.5 Å². The maximum atomic E-state index is 12.0. The number of aliphatic hydroxyl groups is 1. The minimum atomic E-state index is -0.907. The van der Waals surface area contributed by atoms with Crippen molar-refractivity contribution in [2.24, 2.45) is 11.8 Å². The molecule has 1 saturated carbocycles. The monoisotopic (exact) mass is 480 g/mol. The van der Waals surface area contributed by atoms with Crippen LogP contribution in [0.2, 0.25) is 0 Å². The first-order valence-corrected chi connectivity index (χ1v) is 13.5. The summed E-state index contributed by atoms with van der Waals surface area (Å²) < 4.78 is 19.4. The molecule has 0 aromatic heterocycles. The second kappa shape index (κ2) is 10.6. The van der Waals surface area contributed by atoms with E-state index >= 15 is 0 Å². The molecular weight excluding hydrogens is 438 g/mol. The Hall–Kier alpha value is -1.92. The molecule has 190 valence electrons. The Morgan fingerprint density at radius 3 is 2.29 bits per heavy atom. The molecule has 2 unspecified atom stereocenters. The molecule has 4 aliphatic rings. The Morgan fingerprint density at radius 2 is 1.60 bits per heavy atom. The zero-order chi connectivity index (χ0) is 24.2. The predicted octanol–water partition coefficient (Wildman–Crippen LogP) is 5.13. The van der Waals surface area contributed by atoms with Crippen LogP contribution in [-0.2, 0) is 15.1 Å². The molecular formula is C30H42NO4+. The Labute approximate surface area is 210 Å². The lowest BCUT2D eigenvalue weighted by Crippen LogP contribution is -2.70. The molecule has 0 amide bonds. The topological polar surface area (TPSA) is 47.9 Å². The first-order chi connectivity index (χ1) is 17.0. The van der Waals surface area contributed by atoms with Crippen molar-refractivity contribution in [3.05, 3.63) is 66.2 Å². The van der Waals surface area contributed by atoms with Crippen molar-refractivity contribution in [2.75, 3.05) is 46.2 Å². The maximum absolute atomic E-state index is 12.0. The fourth-order valence-corrected chi connectivity index (χ4v) is 6.93. The van der Waals surface area contributed by atoms with Crippen LogP contribution in [0.25, 0.3) is 0 Å². The van der Waals surface area contributed by atoms with Gasteiger partial charge in [-0.25, -0.2) is 0 Å². The van der Waals surface area contributed by atoms with Crippen LogP contribution in [0.5, 0.6) is 5.75 Å². The van der Waals surface area contributed by atoms with Gasteiger partial charge in [0, 0.05) is 18.8 Å². The summed E-state index contributed by atoms with van der Waals surface area (Å²) in [6, 6.07) is 20.1. The van der Waals surface area contributed by atoms with Gasteiger partial charge in [0.15, 0.2) is 6.79 Å². The SMILES string of the molecule is CC1(OCC(O)(c2ccccc2)C2CCCC2)C[N+]2(CCOCOc3ccccc3)CCC1CC2. The third-order valence-electron chi connectivity index (χ3n) is 9.11. The first-order valence-electron chi connectivity index (χ1n) is 13.5. The Bertz CT molecular complexity index is 924. The van der Waals surface area contributed by atoms with Crippen molar-refractivity contribution in [3.63, 3.8) is 0 Å². The van der Waals surface area contributed by atoms with E-state index in [0.29, 0.717) is 19.1 Å². The van der Waals surface area contributed by atoms with Gasteiger partial charge >= 0.3 is 0 Å². The van der Waals surface area contributed by atoms with Crippen molar-refractivity contribution < 1.29 is 23.8 Å². The molecule has 4 fully saturated rings. The second-order valence-electron chi connectivity index (χ2n) is 11.3. The average Bonchev–Trinajstić information content (AvgIpc) is 3.45. The number of hydrogen-bond donors (Lipinski definition) is 1. The smallest absolute Gasteiger partial charge is 0.189 e. The van der Waals surface area contributed by atoms with Gasteiger partial charge < -0.3 is 23.8 Å². The number of quaternary nitrogens is 1. The van der Waals surface area contributed by atoms with E-state index < -0.39 is 5.60 Å². The quantitative estimate of drug-likeness (QED) is 0.275. The first kappa shape index (κ1) is 24.8. The summed E-state index contributed by atoms with van der Waals surface area (Å²) >= 11 is 0. The molecule has 0 spiro atoms. The van der Waals surface area contributed by atoms with E-state index in [1.165, 1.54) is 38.8 Å². The van der Waals surface area contributed by atoms with E-state index in [-0.39, 0.29) is 18.3 Å². The minimum absolute atomic E-state index is 0.210. The molecule has 5 nitrogen and oxygen atoms in total. The van der Waals surface area contributed by atoms with Crippen LogP contribution in [0, 0.1) is 11.8 Å². The highest BCUT2D eigenvalue weighted by molar-refractivity contribution is 5.24. The molecule has 0 radical (unpaired) electrons. The fraction of sp³-hybridized carbons (Fsp3) is 0.600. The van der Waals surface area contributed by atoms with Crippen molar-refractivity contribution in [3.8, 4) is 5.75 Å². The molecule has 1 N–H and O–H groups in total. The number of fused-ring (bicyclic) bond motifs is 3. The van der Waals surface area contributed by atoms with Crippen LogP contribution in [0.3, 0.4) is 0 Å². The third kappa shape index (κ3) is 5.43. The summed E-state index contributed by atoms with van der Waals surface area (Å²) in [5.74, 6) is 1.68. The summed E-state index contributed by atoms with van der Waals surface area (Å²) in [6.07, 6.45) is 6.93. The Balaban J connectivity index is 1.19. The molecule has 2 atom stereocenters.